The summed E-state index contributed by atoms with van der Waals surface area (Å²) in [7, 11) is 1.77. The second kappa shape index (κ2) is 4.16. The molecule has 1 N–H and O–H groups in total. The first-order valence-electron chi connectivity index (χ1n) is 4.07. The van der Waals surface area contributed by atoms with Gasteiger partial charge < -0.3 is 5.32 Å². The van der Waals surface area contributed by atoms with E-state index < -0.39 is 0 Å². The molecule has 0 saturated heterocycles. The van der Waals surface area contributed by atoms with E-state index in [1.807, 2.05) is 0 Å². The Balaban J connectivity index is 2.96. The first-order chi connectivity index (χ1) is 6.56. The van der Waals surface area contributed by atoms with Crippen LogP contribution in [0.25, 0.3) is 0 Å². The Morgan fingerprint density at radius 1 is 1.79 bits per heavy atom. The summed E-state index contributed by atoms with van der Waals surface area (Å²) < 4.78 is 1.62. The molecule has 0 unspecified atom stereocenters. The van der Waals surface area contributed by atoms with Gasteiger partial charge in [-0.05, 0) is 6.92 Å². The Labute approximate surface area is 87.8 Å². The number of nitrogens with zero attached hydrogens (tertiary/aromatic N) is 3. The monoisotopic (exact) mass is 210 g/mol. The lowest BCUT2D eigenvalue weighted by molar-refractivity contribution is 0.761. The number of halogens is 1. The van der Waals surface area contributed by atoms with Crippen molar-refractivity contribution in [2.24, 2.45) is 7.05 Å². The molecule has 0 spiro atoms. The van der Waals surface area contributed by atoms with E-state index in [-0.39, 0.29) is 0 Å². The van der Waals surface area contributed by atoms with Crippen LogP contribution in [0, 0.1) is 18.3 Å². The molecule has 0 amide bonds. The first kappa shape index (κ1) is 10.6. The molecule has 0 aromatic carbocycles. The molecule has 0 radical (unpaired) electrons. The summed E-state index contributed by atoms with van der Waals surface area (Å²) in [5.41, 5.74) is 1.25. The maximum Gasteiger partial charge on any atom is 0.142 e. The van der Waals surface area contributed by atoms with E-state index in [9.17, 15) is 0 Å². The van der Waals surface area contributed by atoms with E-state index in [2.05, 4.69) is 23.1 Å². The van der Waals surface area contributed by atoms with Crippen LogP contribution in [0.1, 0.15) is 11.3 Å². The quantitative estimate of drug-likeness (QED) is 0.827. The minimum Gasteiger partial charge on any atom is -0.364 e. The smallest absolute Gasteiger partial charge is 0.142 e. The topological polar surface area (TPSA) is 53.6 Å². The molecule has 0 aliphatic heterocycles. The van der Waals surface area contributed by atoms with Crippen molar-refractivity contribution in [1.29, 1.82) is 5.26 Å². The van der Waals surface area contributed by atoms with Crippen LogP contribution in [0.2, 0.25) is 0 Å². The van der Waals surface area contributed by atoms with Crippen molar-refractivity contribution in [3.63, 3.8) is 0 Å². The van der Waals surface area contributed by atoms with E-state index in [0.29, 0.717) is 28.7 Å². The lowest BCUT2D eigenvalue weighted by Gasteiger charge is -2.04. The van der Waals surface area contributed by atoms with Gasteiger partial charge in [0.25, 0.3) is 0 Å². The SMILES string of the molecule is C=C(Cl)CNc1c(C#N)c(C)nn1C. The maximum absolute atomic E-state index is 8.88. The third-order valence-corrected chi connectivity index (χ3v) is 1.92. The van der Waals surface area contributed by atoms with Crippen molar-refractivity contribution in [3.8, 4) is 6.07 Å². The average molecular weight is 211 g/mol. The number of rotatable bonds is 3. The molecule has 0 atom stereocenters. The van der Waals surface area contributed by atoms with Crippen LogP contribution in [0.5, 0.6) is 0 Å². The van der Waals surface area contributed by atoms with Gasteiger partial charge in [-0.25, -0.2) is 0 Å². The van der Waals surface area contributed by atoms with E-state index in [4.69, 9.17) is 16.9 Å². The molecule has 0 aliphatic rings. The molecule has 4 nitrogen and oxygen atoms in total. The zero-order chi connectivity index (χ0) is 10.7. The fourth-order valence-corrected chi connectivity index (χ4v) is 1.24. The number of nitrogens with one attached hydrogen (secondary N) is 1. The van der Waals surface area contributed by atoms with E-state index in [1.165, 1.54) is 0 Å². The summed E-state index contributed by atoms with van der Waals surface area (Å²) in [5.74, 6) is 0.673. The third-order valence-electron chi connectivity index (χ3n) is 1.78. The Morgan fingerprint density at radius 2 is 2.43 bits per heavy atom. The summed E-state index contributed by atoms with van der Waals surface area (Å²) >= 11 is 5.61. The highest BCUT2D eigenvalue weighted by Crippen LogP contribution is 2.17. The van der Waals surface area contributed by atoms with Gasteiger partial charge in [0, 0.05) is 12.1 Å². The lowest BCUT2D eigenvalue weighted by Crippen LogP contribution is -2.07. The Hall–Kier alpha value is -1.47. The molecule has 0 fully saturated rings. The van der Waals surface area contributed by atoms with Gasteiger partial charge in [-0.2, -0.15) is 10.4 Å². The van der Waals surface area contributed by atoms with Crippen LogP contribution >= 0.6 is 11.6 Å². The molecule has 1 heterocycles. The number of anilines is 1. The van der Waals surface area contributed by atoms with Gasteiger partial charge in [0.15, 0.2) is 0 Å². The fourth-order valence-electron chi connectivity index (χ4n) is 1.17. The van der Waals surface area contributed by atoms with Gasteiger partial charge in [-0.1, -0.05) is 18.2 Å². The number of aromatic nitrogens is 2. The van der Waals surface area contributed by atoms with Crippen molar-refractivity contribution >= 4 is 17.4 Å². The second-order valence-electron chi connectivity index (χ2n) is 2.92. The minimum absolute atomic E-state index is 0.426. The van der Waals surface area contributed by atoms with E-state index in [1.54, 1.807) is 18.7 Å². The Bertz CT molecular complexity index is 400. The average Bonchev–Trinajstić information content (AvgIpc) is 2.36. The summed E-state index contributed by atoms with van der Waals surface area (Å²) in [4.78, 5) is 0. The summed E-state index contributed by atoms with van der Waals surface area (Å²) in [5, 5.41) is 16.5. The van der Waals surface area contributed by atoms with Gasteiger partial charge in [-0.3, -0.25) is 4.68 Å². The van der Waals surface area contributed by atoms with Gasteiger partial charge in [-0.15, -0.1) is 0 Å². The maximum atomic E-state index is 8.88. The van der Waals surface area contributed by atoms with Crippen LogP contribution in [0.15, 0.2) is 11.6 Å². The molecule has 5 heteroatoms. The molecule has 0 saturated carbocycles. The lowest BCUT2D eigenvalue weighted by atomic mass is 10.2. The zero-order valence-electron chi connectivity index (χ0n) is 8.13. The highest BCUT2D eigenvalue weighted by molar-refractivity contribution is 6.29. The number of hydrogen-bond acceptors (Lipinski definition) is 3. The highest BCUT2D eigenvalue weighted by atomic mass is 35.5. The summed E-state index contributed by atoms with van der Waals surface area (Å²) in [6, 6.07) is 2.09. The van der Waals surface area contributed by atoms with Crippen molar-refractivity contribution < 1.29 is 0 Å². The summed E-state index contributed by atoms with van der Waals surface area (Å²) in [6.45, 7) is 5.77. The van der Waals surface area contributed by atoms with Crippen LogP contribution in [-0.4, -0.2) is 16.3 Å². The van der Waals surface area contributed by atoms with Crippen molar-refractivity contribution in [2.75, 3.05) is 11.9 Å². The molecular formula is C9H11ClN4. The molecule has 14 heavy (non-hydrogen) atoms. The fraction of sp³-hybridized carbons (Fsp3) is 0.333. The highest BCUT2D eigenvalue weighted by Gasteiger charge is 2.11. The molecule has 0 aliphatic carbocycles. The van der Waals surface area contributed by atoms with Crippen molar-refractivity contribution in [1.82, 2.24) is 9.78 Å². The van der Waals surface area contributed by atoms with E-state index >= 15 is 0 Å². The van der Waals surface area contributed by atoms with Crippen LogP contribution in [0.3, 0.4) is 0 Å². The molecular weight excluding hydrogens is 200 g/mol. The van der Waals surface area contributed by atoms with E-state index in [0.717, 1.165) is 0 Å². The molecule has 1 aromatic heterocycles. The predicted molar refractivity (Wildman–Crippen MR) is 56.1 cm³/mol. The number of nitriles is 1. The van der Waals surface area contributed by atoms with Crippen LogP contribution < -0.4 is 5.32 Å². The van der Waals surface area contributed by atoms with Gasteiger partial charge >= 0.3 is 0 Å². The Kier molecular flexibility index (Phi) is 3.15. The molecule has 1 aromatic rings. The zero-order valence-corrected chi connectivity index (χ0v) is 8.89. The molecule has 74 valence electrons. The van der Waals surface area contributed by atoms with Gasteiger partial charge in [0.1, 0.15) is 17.5 Å². The minimum atomic E-state index is 0.426. The van der Waals surface area contributed by atoms with Crippen molar-refractivity contribution in [3.05, 3.63) is 22.9 Å². The predicted octanol–water partition coefficient (Wildman–Crippen LogP) is 1.76. The standard InChI is InChI=1S/C9H11ClN4/c1-6(10)5-12-9-8(4-11)7(2)13-14(9)3/h12H,1,5H2,2-3H3. The first-order valence-corrected chi connectivity index (χ1v) is 4.45. The summed E-state index contributed by atoms with van der Waals surface area (Å²) in [6.07, 6.45) is 0. The van der Waals surface area contributed by atoms with Crippen LogP contribution in [-0.2, 0) is 7.05 Å². The van der Waals surface area contributed by atoms with Crippen LogP contribution in [0.4, 0.5) is 5.82 Å². The molecule has 1 rings (SSSR count). The van der Waals surface area contributed by atoms with Crippen molar-refractivity contribution in [2.45, 2.75) is 6.92 Å². The largest absolute Gasteiger partial charge is 0.364 e. The normalized spacial score (nSPS) is 9.57. The second-order valence-corrected chi connectivity index (χ2v) is 3.45. The molecule has 0 bridgehead atoms. The van der Waals surface area contributed by atoms with Gasteiger partial charge in [0.2, 0.25) is 0 Å². The Morgan fingerprint density at radius 3 is 2.93 bits per heavy atom. The number of aryl methyl sites for hydroxylation is 2. The van der Waals surface area contributed by atoms with Gasteiger partial charge in [0.05, 0.1) is 12.2 Å². The third kappa shape index (κ3) is 2.06. The number of hydrogen-bond donors (Lipinski definition) is 1.